The number of piperidine rings is 1. The molecule has 4 aliphatic rings. The molecule has 2 aromatic carbocycles. The van der Waals surface area contributed by atoms with E-state index in [0.29, 0.717) is 45.2 Å². The Kier molecular flexibility index (Phi) is 11.0. The largest absolute Gasteiger partial charge is 0.489 e. The number of aromatic nitrogens is 3. The Hall–Kier alpha value is -5.61. The van der Waals surface area contributed by atoms with Gasteiger partial charge >= 0.3 is 0 Å². The number of aliphatic imine (C=N–C) groups is 1. The number of aromatic amines is 1. The van der Waals surface area contributed by atoms with E-state index in [4.69, 9.17) is 31.1 Å². The van der Waals surface area contributed by atoms with Crippen LogP contribution in [0.5, 0.6) is 17.2 Å². The summed E-state index contributed by atoms with van der Waals surface area (Å²) in [7, 11) is 1.74. The number of nitriles is 1. The predicted octanol–water partition coefficient (Wildman–Crippen LogP) is 9.08. The van der Waals surface area contributed by atoms with Crippen LogP contribution < -0.4 is 19.9 Å². The Labute approximate surface area is 374 Å². The second kappa shape index (κ2) is 16.2. The smallest absolute Gasteiger partial charge is 0.274 e. The molecule has 2 N–H and O–H groups in total. The van der Waals surface area contributed by atoms with Crippen LogP contribution in [-0.4, -0.2) is 80.3 Å². The van der Waals surface area contributed by atoms with E-state index in [1.165, 1.54) is 6.42 Å². The van der Waals surface area contributed by atoms with E-state index in [0.717, 1.165) is 66.9 Å². The summed E-state index contributed by atoms with van der Waals surface area (Å²) >= 11 is 6.36. The van der Waals surface area contributed by atoms with Crippen LogP contribution in [0.3, 0.4) is 0 Å². The van der Waals surface area contributed by atoms with Gasteiger partial charge in [0.05, 0.1) is 22.4 Å². The summed E-state index contributed by atoms with van der Waals surface area (Å²) in [4.78, 5) is 33.1. The number of hydrogen-bond donors (Lipinski definition) is 2. The zero-order valence-corrected chi connectivity index (χ0v) is 37.9. The Morgan fingerprint density at radius 3 is 2.41 bits per heavy atom. The quantitative estimate of drug-likeness (QED) is 0.133. The van der Waals surface area contributed by atoms with Crippen LogP contribution >= 0.6 is 11.6 Å². The average molecular weight is 870 g/mol. The Morgan fingerprint density at radius 1 is 0.984 bits per heavy atom. The molecule has 3 aliphatic heterocycles. The van der Waals surface area contributed by atoms with Crippen LogP contribution in [0.1, 0.15) is 71.9 Å². The maximum atomic E-state index is 12.8. The number of pyridine rings is 2. The maximum absolute atomic E-state index is 12.8. The van der Waals surface area contributed by atoms with Crippen molar-refractivity contribution in [2.24, 2.45) is 34.7 Å². The third-order valence-electron chi connectivity index (χ3n) is 13.9. The number of aryl methyl sites for hydroxylation is 1. The lowest BCUT2D eigenvalue weighted by molar-refractivity contribution is -0.216. The Bertz CT molecular complexity index is 2660. The highest BCUT2D eigenvalue weighted by Crippen LogP contribution is 2.59. The van der Waals surface area contributed by atoms with Gasteiger partial charge in [0.1, 0.15) is 40.8 Å². The lowest BCUT2D eigenvalue weighted by Gasteiger charge is -2.67. The third kappa shape index (κ3) is 7.89. The number of likely N-dealkylation sites (tertiary alicyclic amines) is 1. The molecule has 2 saturated heterocycles. The van der Waals surface area contributed by atoms with E-state index in [9.17, 15) is 15.2 Å². The molecule has 3 aromatic heterocycles. The first-order valence-corrected chi connectivity index (χ1v) is 22.4. The minimum Gasteiger partial charge on any atom is -0.489 e. The second-order valence-electron chi connectivity index (χ2n) is 19.7. The molecule has 63 heavy (non-hydrogen) atoms. The van der Waals surface area contributed by atoms with Gasteiger partial charge in [-0.3, -0.25) is 14.7 Å². The average Bonchev–Trinajstić information content (AvgIpc) is 3.74. The normalized spacial score (nSPS) is 22.4. The number of hydrogen-bond acceptors (Lipinski definition) is 10. The number of aliphatic hydroxyl groups is 1. The van der Waals surface area contributed by atoms with Gasteiger partial charge in [0.15, 0.2) is 6.29 Å². The molecule has 1 saturated carbocycles. The van der Waals surface area contributed by atoms with Crippen LogP contribution in [0.4, 0.5) is 5.82 Å². The van der Waals surface area contributed by atoms with Gasteiger partial charge in [-0.1, -0.05) is 45.4 Å². The lowest BCUT2D eigenvalue weighted by atomic mass is 9.49. The van der Waals surface area contributed by atoms with E-state index in [2.05, 4.69) is 59.6 Å². The molecule has 1 unspecified atom stereocenters. The number of benzene rings is 2. The number of anilines is 1. The molecule has 5 aromatic rings. The van der Waals surface area contributed by atoms with Gasteiger partial charge in [0, 0.05) is 97.5 Å². The predicted molar refractivity (Wildman–Crippen MR) is 248 cm³/mol. The van der Waals surface area contributed by atoms with Gasteiger partial charge < -0.3 is 33.9 Å². The summed E-state index contributed by atoms with van der Waals surface area (Å²) in [5.74, 6) is 4.15. The van der Waals surface area contributed by atoms with Crippen molar-refractivity contribution in [1.29, 1.82) is 5.26 Å². The van der Waals surface area contributed by atoms with Crippen LogP contribution in [0, 0.1) is 34.0 Å². The number of fused-ring (bicyclic) bond motifs is 1. The fourth-order valence-corrected chi connectivity index (χ4v) is 11.3. The number of allylic oxidation sites excluding steroid dienone is 1. The number of H-pyrrole nitrogens is 1. The number of rotatable bonds is 11. The highest BCUT2D eigenvalue weighted by molar-refractivity contribution is 6.31. The zero-order chi connectivity index (χ0) is 44.4. The van der Waals surface area contributed by atoms with E-state index in [1.54, 1.807) is 50.0 Å². The Balaban J connectivity index is 0.793. The zero-order valence-electron chi connectivity index (χ0n) is 37.2. The van der Waals surface area contributed by atoms with Crippen LogP contribution in [0.25, 0.3) is 22.0 Å². The van der Waals surface area contributed by atoms with E-state index in [1.807, 2.05) is 61.0 Å². The first kappa shape index (κ1) is 42.7. The molecule has 3 fully saturated rings. The molecule has 0 bridgehead atoms. The highest BCUT2D eigenvalue weighted by Gasteiger charge is 2.66. The summed E-state index contributed by atoms with van der Waals surface area (Å²) < 4.78 is 14.7. The minimum atomic E-state index is -1.07. The molecule has 1 atom stereocenters. The fraction of sp³-hybridized carbons (Fsp3) is 0.440. The van der Waals surface area contributed by atoms with E-state index < -0.39 is 5.60 Å². The van der Waals surface area contributed by atoms with Gasteiger partial charge in [-0.05, 0) is 99.0 Å². The van der Waals surface area contributed by atoms with Crippen molar-refractivity contribution in [3.8, 4) is 34.4 Å². The number of halogens is 1. The maximum Gasteiger partial charge on any atom is 0.274 e. The Morgan fingerprint density at radius 2 is 1.73 bits per heavy atom. The number of nitrogens with zero attached hydrogens (tertiary/aromatic N) is 7. The molecular weight excluding hydrogens is 812 g/mol. The van der Waals surface area contributed by atoms with Crippen molar-refractivity contribution in [1.82, 2.24) is 24.3 Å². The van der Waals surface area contributed by atoms with Crippen molar-refractivity contribution in [3.63, 3.8) is 0 Å². The fourth-order valence-electron chi connectivity index (χ4n) is 11.1. The number of nitrogens with one attached hydrogen (secondary N) is 1. The summed E-state index contributed by atoms with van der Waals surface area (Å²) in [5.41, 5.74) is 1.78. The summed E-state index contributed by atoms with van der Waals surface area (Å²) in [6.07, 6.45) is 15.0. The second-order valence-corrected chi connectivity index (χ2v) is 20.1. The molecule has 0 radical (unpaired) electrons. The van der Waals surface area contributed by atoms with Gasteiger partial charge in [0.25, 0.3) is 5.56 Å². The van der Waals surface area contributed by atoms with E-state index in [-0.39, 0.29) is 34.8 Å². The highest BCUT2D eigenvalue weighted by atomic mass is 35.5. The first-order valence-electron chi connectivity index (χ1n) is 22.0. The molecule has 1 aliphatic carbocycles. The van der Waals surface area contributed by atoms with Crippen molar-refractivity contribution >= 4 is 34.5 Å². The van der Waals surface area contributed by atoms with Gasteiger partial charge in [-0.15, -0.1) is 0 Å². The SMILES string of the molecule is Cn1cc(-c2cc(C(C)(C)O)ccc2Oc2ccc(N3CC(CC4CCN(C5N=CC=CN5C5C(C)(C)C(Oc6ccc(C#N)c(Cl)c6)C5(C)C)CC4)C3)nc2)c2cc[nH]c2c1=O. The monoisotopic (exact) mass is 868 g/mol. The molecule has 0 amide bonds. The van der Waals surface area contributed by atoms with Gasteiger partial charge in [0.2, 0.25) is 0 Å². The lowest BCUT2D eigenvalue weighted by Crippen LogP contribution is -2.76. The van der Waals surface area contributed by atoms with Crippen molar-refractivity contribution in [2.45, 2.75) is 84.8 Å². The van der Waals surface area contributed by atoms with Crippen LogP contribution in [-0.2, 0) is 12.6 Å². The third-order valence-corrected chi connectivity index (χ3v) is 14.3. The van der Waals surface area contributed by atoms with Crippen molar-refractivity contribution < 1.29 is 14.6 Å². The van der Waals surface area contributed by atoms with Crippen LogP contribution in [0.2, 0.25) is 5.02 Å². The van der Waals surface area contributed by atoms with Crippen LogP contribution in [0.15, 0.2) is 95.3 Å². The minimum absolute atomic E-state index is 0.0515. The molecule has 9 rings (SSSR count). The summed E-state index contributed by atoms with van der Waals surface area (Å²) in [6, 6.07) is 19.2. The number of ether oxygens (including phenoxy) is 2. The molecular formula is C50H57ClN8O4. The standard InChI is InChI=1S/C50H57ClN8O4/c1-48(2)45(49(3,4)46(48)63-35-11-9-33(26-52)40(51)25-35)59-20-8-18-54-47(59)57-21-16-31(17-22-57)23-32-28-58(29-32)42-14-12-36(27-55-42)62-41-13-10-34(50(5,6)61)24-38(41)39-30-56(7)44(60)43-37(39)15-19-53-43/h8-15,18-20,24-25,27,30-32,45-47,53,61H,16-17,21-23,28-29H2,1-7H3. The molecule has 13 heteroatoms. The van der Waals surface area contributed by atoms with Gasteiger partial charge in [-0.2, -0.15) is 5.26 Å². The molecule has 0 spiro atoms. The van der Waals surface area contributed by atoms with Crippen molar-refractivity contribution in [3.05, 3.63) is 112 Å². The summed E-state index contributed by atoms with van der Waals surface area (Å²) in [5, 5.41) is 21.4. The molecule has 328 valence electrons. The van der Waals surface area contributed by atoms with E-state index >= 15 is 0 Å². The molecule has 12 nitrogen and oxygen atoms in total. The van der Waals surface area contributed by atoms with Crippen molar-refractivity contribution in [2.75, 3.05) is 31.1 Å². The topological polar surface area (TPSA) is 135 Å². The molecule has 6 heterocycles. The summed E-state index contributed by atoms with van der Waals surface area (Å²) in [6.45, 7) is 16.6. The van der Waals surface area contributed by atoms with Gasteiger partial charge in [-0.25, -0.2) is 4.98 Å². The first-order chi connectivity index (χ1) is 30.0.